The van der Waals surface area contributed by atoms with Gasteiger partial charge in [0.05, 0.1) is 16.0 Å². The summed E-state index contributed by atoms with van der Waals surface area (Å²) in [6.45, 7) is 1.46. The number of amides is 1. The van der Waals surface area contributed by atoms with Crippen LogP contribution in [0.3, 0.4) is 0 Å². The number of thiophene rings is 1. The Morgan fingerprint density at radius 2 is 2.36 bits per heavy atom. The van der Waals surface area contributed by atoms with Crippen molar-refractivity contribution in [2.24, 2.45) is 0 Å². The third kappa shape index (κ3) is 4.09. The number of carbonyl (C=O) groups excluding carboxylic acids is 1. The van der Waals surface area contributed by atoms with Gasteiger partial charge in [-0.2, -0.15) is 0 Å². The summed E-state index contributed by atoms with van der Waals surface area (Å²) in [5.41, 5.74) is 0. The van der Waals surface area contributed by atoms with Gasteiger partial charge in [0.2, 0.25) is 0 Å². The lowest BCUT2D eigenvalue weighted by molar-refractivity contribution is 0.0960. The summed E-state index contributed by atoms with van der Waals surface area (Å²) in [4.78, 5) is 18.3. The Bertz CT molecular complexity index is 610. The molecule has 1 atom stereocenters. The van der Waals surface area contributed by atoms with Gasteiger partial charge >= 0.3 is 0 Å². The first-order valence-electron chi connectivity index (χ1n) is 7.36. The molecule has 1 unspecified atom stereocenters. The molecule has 3 rings (SSSR count). The third-order valence-corrected chi connectivity index (χ3v) is 5.49. The monoisotopic (exact) mass is 334 g/mol. The number of ether oxygens (including phenoxy) is 1. The van der Waals surface area contributed by atoms with Crippen molar-refractivity contribution >= 4 is 29.0 Å². The first-order valence-corrected chi connectivity index (χ1v) is 9.16. The van der Waals surface area contributed by atoms with Crippen LogP contribution < -0.4 is 5.32 Å². The minimum absolute atomic E-state index is 0.00383. The highest BCUT2D eigenvalue weighted by Gasteiger charge is 2.20. The van der Waals surface area contributed by atoms with Crippen LogP contribution in [-0.2, 0) is 4.74 Å². The molecule has 2 aromatic heterocycles. The van der Waals surface area contributed by atoms with Crippen molar-refractivity contribution in [3.63, 3.8) is 0 Å². The number of thioether (sulfide) groups is 1. The van der Waals surface area contributed by atoms with E-state index in [2.05, 4.69) is 10.3 Å². The number of rotatable bonds is 6. The number of aromatic nitrogens is 1. The Kier molecular flexibility index (Phi) is 5.48. The van der Waals surface area contributed by atoms with Crippen molar-refractivity contribution in [2.45, 2.75) is 24.0 Å². The first kappa shape index (κ1) is 15.5. The largest absolute Gasteiger partial charge is 0.373 e. The van der Waals surface area contributed by atoms with Crippen LogP contribution in [0.1, 0.15) is 33.5 Å². The maximum atomic E-state index is 12.1. The molecule has 0 aliphatic carbocycles. The van der Waals surface area contributed by atoms with Gasteiger partial charge in [0.15, 0.2) is 0 Å². The molecule has 0 aromatic carbocycles. The fourth-order valence-electron chi connectivity index (χ4n) is 2.29. The lowest BCUT2D eigenvalue weighted by atomic mass is 10.2. The molecule has 1 saturated heterocycles. The Balaban J connectivity index is 1.44. The van der Waals surface area contributed by atoms with Crippen LogP contribution in [0, 0.1) is 0 Å². The molecule has 1 N–H and O–H groups in total. The van der Waals surface area contributed by atoms with E-state index in [0.29, 0.717) is 6.54 Å². The van der Waals surface area contributed by atoms with E-state index < -0.39 is 0 Å². The molecule has 0 bridgehead atoms. The second kappa shape index (κ2) is 7.76. The van der Waals surface area contributed by atoms with Crippen LogP contribution >= 0.6 is 23.1 Å². The highest BCUT2D eigenvalue weighted by atomic mass is 32.2. The summed E-state index contributed by atoms with van der Waals surface area (Å²) in [6, 6.07) is 9.74. The maximum absolute atomic E-state index is 12.1. The number of hydrogen-bond donors (Lipinski definition) is 1. The molecule has 2 aromatic rings. The van der Waals surface area contributed by atoms with Gasteiger partial charge in [-0.05, 0) is 37.1 Å². The third-order valence-electron chi connectivity index (χ3n) is 3.37. The van der Waals surface area contributed by atoms with Crippen molar-refractivity contribution in [2.75, 3.05) is 18.9 Å². The molecule has 0 radical (unpaired) electrons. The van der Waals surface area contributed by atoms with E-state index in [-0.39, 0.29) is 12.0 Å². The Morgan fingerprint density at radius 1 is 1.41 bits per heavy atom. The van der Waals surface area contributed by atoms with Gasteiger partial charge in [-0.15, -0.1) is 23.1 Å². The molecule has 116 valence electrons. The smallest absolute Gasteiger partial charge is 0.261 e. The van der Waals surface area contributed by atoms with Crippen LogP contribution in [0.2, 0.25) is 0 Å². The van der Waals surface area contributed by atoms with Gasteiger partial charge in [0, 0.05) is 30.0 Å². The average molecular weight is 334 g/mol. The van der Waals surface area contributed by atoms with Crippen LogP contribution in [-0.4, -0.2) is 29.8 Å². The molecular formula is C16H18N2O2S2. The van der Waals surface area contributed by atoms with Gasteiger partial charge in [-0.25, -0.2) is 4.98 Å². The molecular weight excluding hydrogens is 316 g/mol. The second-order valence-corrected chi connectivity index (χ2v) is 7.21. The van der Waals surface area contributed by atoms with E-state index in [0.717, 1.165) is 40.0 Å². The van der Waals surface area contributed by atoms with Crippen LogP contribution in [0.4, 0.5) is 0 Å². The van der Waals surface area contributed by atoms with E-state index in [1.807, 2.05) is 30.3 Å². The Hall–Kier alpha value is -1.37. The van der Waals surface area contributed by atoms with Crippen molar-refractivity contribution in [1.29, 1.82) is 0 Å². The SMILES string of the molecule is O=C(NCCSc1ccccn1)c1ccc(C2CCCO2)s1. The van der Waals surface area contributed by atoms with Crippen molar-refractivity contribution in [1.82, 2.24) is 10.3 Å². The van der Waals surface area contributed by atoms with Gasteiger partial charge in [0.25, 0.3) is 5.91 Å². The fourth-order valence-corrected chi connectivity index (χ4v) is 4.02. The van der Waals surface area contributed by atoms with Gasteiger partial charge in [-0.3, -0.25) is 4.79 Å². The van der Waals surface area contributed by atoms with Crippen LogP contribution in [0.25, 0.3) is 0 Å². The van der Waals surface area contributed by atoms with Gasteiger partial charge in [-0.1, -0.05) is 6.07 Å². The number of hydrogen-bond acceptors (Lipinski definition) is 5. The Morgan fingerprint density at radius 3 is 3.14 bits per heavy atom. The molecule has 1 amide bonds. The summed E-state index contributed by atoms with van der Waals surface area (Å²) >= 11 is 3.18. The lowest BCUT2D eigenvalue weighted by Gasteiger charge is -2.05. The minimum atomic E-state index is -0.00383. The molecule has 22 heavy (non-hydrogen) atoms. The van der Waals surface area contributed by atoms with Gasteiger partial charge in [0.1, 0.15) is 0 Å². The first-order chi connectivity index (χ1) is 10.8. The number of nitrogens with one attached hydrogen (secondary N) is 1. The highest BCUT2D eigenvalue weighted by Crippen LogP contribution is 2.33. The van der Waals surface area contributed by atoms with Crippen molar-refractivity contribution in [3.05, 3.63) is 46.3 Å². The van der Waals surface area contributed by atoms with Crippen LogP contribution in [0.15, 0.2) is 41.6 Å². The van der Waals surface area contributed by atoms with E-state index >= 15 is 0 Å². The summed E-state index contributed by atoms with van der Waals surface area (Å²) in [6.07, 6.45) is 4.13. The molecule has 0 saturated carbocycles. The molecule has 6 heteroatoms. The van der Waals surface area contributed by atoms with Gasteiger partial charge < -0.3 is 10.1 Å². The zero-order valence-corrected chi connectivity index (χ0v) is 13.8. The molecule has 3 heterocycles. The standard InChI is InChI=1S/C16H18N2O2S2/c19-16(18-9-11-21-15-5-1-2-8-17-15)14-7-6-13(22-14)12-4-3-10-20-12/h1-2,5-8,12H,3-4,9-11H2,(H,18,19). The molecule has 1 aliphatic heterocycles. The molecule has 1 fully saturated rings. The summed E-state index contributed by atoms with van der Waals surface area (Å²) in [7, 11) is 0. The normalized spacial score (nSPS) is 17.5. The molecule has 1 aliphatic rings. The van der Waals surface area contributed by atoms with E-state index in [1.54, 1.807) is 18.0 Å². The van der Waals surface area contributed by atoms with Crippen molar-refractivity contribution in [3.8, 4) is 0 Å². The fraction of sp³-hybridized carbons (Fsp3) is 0.375. The quantitative estimate of drug-likeness (QED) is 0.649. The summed E-state index contributed by atoms with van der Waals surface area (Å²) < 4.78 is 5.65. The predicted molar refractivity (Wildman–Crippen MR) is 89.5 cm³/mol. The van der Waals surface area contributed by atoms with Crippen molar-refractivity contribution < 1.29 is 9.53 Å². The number of pyridine rings is 1. The number of nitrogens with zero attached hydrogens (tertiary/aromatic N) is 1. The zero-order chi connectivity index (χ0) is 15.2. The maximum Gasteiger partial charge on any atom is 0.261 e. The molecule has 0 spiro atoms. The average Bonchev–Trinajstić information content (AvgIpc) is 3.22. The number of carbonyl (C=O) groups is 1. The molecule has 4 nitrogen and oxygen atoms in total. The topological polar surface area (TPSA) is 51.2 Å². The second-order valence-electron chi connectivity index (χ2n) is 4.98. The minimum Gasteiger partial charge on any atom is -0.373 e. The lowest BCUT2D eigenvalue weighted by Crippen LogP contribution is -2.24. The zero-order valence-electron chi connectivity index (χ0n) is 12.2. The summed E-state index contributed by atoms with van der Waals surface area (Å²) in [5.74, 6) is 0.808. The van der Waals surface area contributed by atoms with E-state index in [1.165, 1.54) is 11.3 Å². The highest BCUT2D eigenvalue weighted by molar-refractivity contribution is 7.99. The summed E-state index contributed by atoms with van der Waals surface area (Å²) in [5, 5.41) is 3.94. The van der Waals surface area contributed by atoms with E-state index in [4.69, 9.17) is 4.74 Å². The van der Waals surface area contributed by atoms with Crippen LogP contribution in [0.5, 0.6) is 0 Å². The Labute approximate surface area is 138 Å². The predicted octanol–water partition coefficient (Wildman–Crippen LogP) is 3.52. The van der Waals surface area contributed by atoms with E-state index in [9.17, 15) is 4.79 Å².